The third-order valence-corrected chi connectivity index (χ3v) is 5.42. The molecule has 2 aromatic heterocycles. The summed E-state index contributed by atoms with van der Waals surface area (Å²) in [5.41, 5.74) is 7.42. The van der Waals surface area contributed by atoms with Crippen LogP contribution in [0.1, 0.15) is 5.56 Å². The standard InChI is InChI=1S/C16H17ClFN5O2S/c1-10-2-4-12(5-3-10)26(24)7-11(6-18)25-9-23-8-20-13-14(17)21-16(19)22-15(13)23/h2-5,8,11H,6-7,9H2,1H3,(H2,19,21,22)/t11-,26-/m0/s1. The van der Waals surface area contributed by atoms with E-state index in [0.29, 0.717) is 16.1 Å². The predicted molar refractivity (Wildman–Crippen MR) is 98.0 cm³/mol. The monoisotopic (exact) mass is 397 g/mol. The summed E-state index contributed by atoms with van der Waals surface area (Å²) in [4.78, 5) is 12.6. The van der Waals surface area contributed by atoms with Crippen LogP contribution >= 0.6 is 11.6 Å². The molecule has 0 saturated heterocycles. The number of alkyl halides is 1. The summed E-state index contributed by atoms with van der Waals surface area (Å²) in [6, 6.07) is 7.27. The third-order valence-electron chi connectivity index (χ3n) is 3.68. The van der Waals surface area contributed by atoms with Gasteiger partial charge in [-0.1, -0.05) is 29.3 Å². The van der Waals surface area contributed by atoms with Crippen molar-refractivity contribution in [3.05, 3.63) is 41.3 Å². The van der Waals surface area contributed by atoms with E-state index >= 15 is 0 Å². The molecule has 2 atom stereocenters. The molecule has 0 aliphatic carbocycles. The molecule has 2 heterocycles. The summed E-state index contributed by atoms with van der Waals surface area (Å²) < 4.78 is 32.8. The SMILES string of the molecule is Cc1ccc([S@@](=O)C[C@H](CF)OCn2cnc3c(Cl)nc(N)nc32)cc1. The molecule has 2 N–H and O–H groups in total. The van der Waals surface area contributed by atoms with E-state index in [-0.39, 0.29) is 23.6 Å². The van der Waals surface area contributed by atoms with Crippen LogP contribution < -0.4 is 5.73 Å². The Bertz CT molecular complexity index is 934. The molecule has 0 unspecified atom stereocenters. The molecule has 1 aromatic carbocycles. The number of nitrogens with two attached hydrogens (primary N) is 1. The van der Waals surface area contributed by atoms with Gasteiger partial charge in [0, 0.05) is 4.90 Å². The van der Waals surface area contributed by atoms with Gasteiger partial charge in [0.1, 0.15) is 18.9 Å². The van der Waals surface area contributed by atoms with Crippen LogP contribution in [0, 0.1) is 6.92 Å². The molecule has 3 rings (SSSR count). The lowest BCUT2D eigenvalue weighted by Crippen LogP contribution is -2.24. The maximum atomic E-state index is 13.3. The van der Waals surface area contributed by atoms with Gasteiger partial charge in [-0.25, -0.2) is 9.37 Å². The Morgan fingerprint density at radius 1 is 1.35 bits per heavy atom. The molecule has 10 heteroatoms. The molecule has 0 amide bonds. The number of hydrogen-bond acceptors (Lipinski definition) is 6. The van der Waals surface area contributed by atoms with E-state index < -0.39 is 23.6 Å². The van der Waals surface area contributed by atoms with Crippen LogP contribution in [0.5, 0.6) is 0 Å². The fourth-order valence-electron chi connectivity index (χ4n) is 2.30. The minimum Gasteiger partial charge on any atom is -0.368 e. The normalized spacial score (nSPS) is 13.8. The van der Waals surface area contributed by atoms with Gasteiger partial charge >= 0.3 is 0 Å². The van der Waals surface area contributed by atoms with Crippen molar-refractivity contribution in [3.63, 3.8) is 0 Å². The predicted octanol–water partition coefficient (Wildman–Crippen LogP) is 2.49. The summed E-state index contributed by atoms with van der Waals surface area (Å²) in [7, 11) is -1.36. The first-order chi connectivity index (χ1) is 12.5. The number of imidazole rings is 1. The number of aryl methyl sites for hydroxylation is 1. The van der Waals surface area contributed by atoms with Gasteiger partial charge in [0.15, 0.2) is 10.8 Å². The van der Waals surface area contributed by atoms with Crippen LogP contribution in [0.2, 0.25) is 5.15 Å². The van der Waals surface area contributed by atoms with Crippen molar-refractivity contribution in [1.82, 2.24) is 19.5 Å². The van der Waals surface area contributed by atoms with Crippen molar-refractivity contribution in [2.45, 2.75) is 24.7 Å². The van der Waals surface area contributed by atoms with Crippen molar-refractivity contribution < 1.29 is 13.3 Å². The van der Waals surface area contributed by atoms with Crippen molar-refractivity contribution >= 4 is 39.5 Å². The van der Waals surface area contributed by atoms with Crippen molar-refractivity contribution in [2.24, 2.45) is 0 Å². The van der Waals surface area contributed by atoms with Gasteiger partial charge < -0.3 is 10.5 Å². The lowest BCUT2D eigenvalue weighted by atomic mass is 10.2. The van der Waals surface area contributed by atoms with Crippen LogP contribution in [-0.4, -0.2) is 42.3 Å². The maximum absolute atomic E-state index is 13.3. The second kappa shape index (κ2) is 8.07. The number of rotatable bonds is 7. The Labute approximate surface area is 156 Å². The van der Waals surface area contributed by atoms with Crippen LogP contribution in [-0.2, 0) is 22.3 Å². The molecule has 7 nitrogen and oxygen atoms in total. The number of hydrogen-bond donors (Lipinski definition) is 1. The zero-order valence-electron chi connectivity index (χ0n) is 13.9. The zero-order chi connectivity index (χ0) is 18.7. The molecule has 3 aromatic rings. The fraction of sp³-hybridized carbons (Fsp3) is 0.312. The minimum absolute atomic E-state index is 0.00627. The van der Waals surface area contributed by atoms with Gasteiger partial charge in [-0.15, -0.1) is 0 Å². The van der Waals surface area contributed by atoms with Crippen molar-refractivity contribution in [1.29, 1.82) is 0 Å². The van der Waals surface area contributed by atoms with E-state index in [9.17, 15) is 8.60 Å². The van der Waals surface area contributed by atoms with E-state index in [2.05, 4.69) is 15.0 Å². The molecule has 0 radical (unpaired) electrons. The molecule has 0 bridgehead atoms. The van der Waals surface area contributed by atoms with Crippen molar-refractivity contribution in [3.8, 4) is 0 Å². The first kappa shape index (κ1) is 18.7. The number of nitrogens with zero attached hydrogens (tertiary/aromatic N) is 4. The van der Waals surface area contributed by atoms with Crippen LogP contribution in [0.25, 0.3) is 11.2 Å². The van der Waals surface area contributed by atoms with Crippen LogP contribution in [0.3, 0.4) is 0 Å². The highest BCUT2D eigenvalue weighted by Crippen LogP contribution is 2.20. The largest absolute Gasteiger partial charge is 0.368 e. The first-order valence-electron chi connectivity index (χ1n) is 7.74. The van der Waals surface area contributed by atoms with E-state index in [4.69, 9.17) is 22.1 Å². The average molecular weight is 398 g/mol. The summed E-state index contributed by atoms with van der Waals surface area (Å²) >= 11 is 5.97. The molecule has 0 aliphatic heterocycles. The Kier molecular flexibility index (Phi) is 5.80. The van der Waals surface area contributed by atoms with Gasteiger partial charge in [-0.05, 0) is 19.1 Å². The van der Waals surface area contributed by atoms with Crippen molar-refractivity contribution in [2.75, 3.05) is 18.2 Å². The third kappa shape index (κ3) is 4.17. The topological polar surface area (TPSA) is 95.9 Å². The highest BCUT2D eigenvalue weighted by Gasteiger charge is 2.17. The minimum atomic E-state index is -1.36. The Morgan fingerprint density at radius 3 is 2.77 bits per heavy atom. The van der Waals surface area contributed by atoms with E-state index in [0.717, 1.165) is 5.56 Å². The summed E-state index contributed by atoms with van der Waals surface area (Å²) in [6.45, 7) is 1.16. The molecule has 0 fully saturated rings. The van der Waals surface area contributed by atoms with E-state index in [1.54, 1.807) is 12.1 Å². The molecular weight excluding hydrogens is 381 g/mol. The quantitative estimate of drug-likeness (QED) is 0.615. The van der Waals surface area contributed by atoms with Gasteiger partial charge in [-0.2, -0.15) is 9.97 Å². The summed E-state index contributed by atoms with van der Waals surface area (Å²) in [5, 5.41) is 0.133. The van der Waals surface area contributed by atoms with Gasteiger partial charge in [-0.3, -0.25) is 8.78 Å². The van der Waals surface area contributed by atoms with E-state index in [1.165, 1.54) is 10.9 Å². The molecule has 0 spiro atoms. The molecule has 0 saturated carbocycles. The number of ether oxygens (including phenoxy) is 1. The molecule has 26 heavy (non-hydrogen) atoms. The Morgan fingerprint density at radius 2 is 2.08 bits per heavy atom. The first-order valence-corrected chi connectivity index (χ1v) is 9.44. The van der Waals surface area contributed by atoms with Crippen LogP contribution in [0.4, 0.5) is 10.3 Å². The highest BCUT2D eigenvalue weighted by molar-refractivity contribution is 7.85. The average Bonchev–Trinajstić information content (AvgIpc) is 3.02. The van der Waals surface area contributed by atoms with Gasteiger partial charge in [0.25, 0.3) is 0 Å². The number of benzene rings is 1. The second-order valence-electron chi connectivity index (χ2n) is 5.66. The van der Waals surface area contributed by atoms with E-state index in [1.807, 2.05) is 19.1 Å². The van der Waals surface area contributed by atoms with Gasteiger partial charge in [0.2, 0.25) is 5.95 Å². The molecular formula is C16H17ClFN5O2S. The molecule has 138 valence electrons. The van der Waals surface area contributed by atoms with Crippen LogP contribution in [0.15, 0.2) is 35.5 Å². The smallest absolute Gasteiger partial charge is 0.223 e. The number of anilines is 1. The fourth-order valence-corrected chi connectivity index (χ4v) is 3.67. The lowest BCUT2D eigenvalue weighted by molar-refractivity contribution is 0.00865. The maximum Gasteiger partial charge on any atom is 0.223 e. The second-order valence-corrected chi connectivity index (χ2v) is 7.51. The lowest BCUT2D eigenvalue weighted by Gasteiger charge is -2.15. The summed E-state index contributed by atoms with van der Waals surface area (Å²) in [5.74, 6) is 0.0520. The van der Waals surface area contributed by atoms with Gasteiger partial charge in [0.05, 0.1) is 29.0 Å². The Hall–Kier alpha value is -2.10. The highest BCUT2D eigenvalue weighted by atomic mass is 35.5. The molecule has 0 aliphatic rings. The summed E-state index contributed by atoms with van der Waals surface area (Å²) in [6.07, 6.45) is 0.626. The number of nitrogen functional groups attached to an aromatic ring is 1. The zero-order valence-corrected chi connectivity index (χ0v) is 15.5. The Balaban J connectivity index is 1.67. The number of halogens is 2. The number of fused-ring (bicyclic) bond motifs is 1. The number of aromatic nitrogens is 4.